The number of fused-ring (bicyclic) bond motifs is 1. The van der Waals surface area contributed by atoms with Crippen LogP contribution in [0.5, 0.6) is 0 Å². The van der Waals surface area contributed by atoms with Crippen LogP contribution in [-0.2, 0) is 19.5 Å². The van der Waals surface area contributed by atoms with Crippen molar-refractivity contribution in [1.82, 2.24) is 9.47 Å². The Kier molecular flexibility index (Phi) is 4.18. The van der Waals surface area contributed by atoms with Crippen molar-refractivity contribution in [1.29, 1.82) is 0 Å². The average molecular weight is 284 g/mol. The molecule has 0 spiro atoms. The zero-order chi connectivity index (χ0) is 14.7. The van der Waals surface area contributed by atoms with Gasteiger partial charge in [-0.25, -0.2) is 0 Å². The molecular formula is C17H20N2O2. The van der Waals surface area contributed by atoms with Crippen LogP contribution >= 0.6 is 0 Å². The lowest BCUT2D eigenvalue weighted by atomic mass is 10.00. The Morgan fingerprint density at radius 2 is 1.81 bits per heavy atom. The van der Waals surface area contributed by atoms with E-state index in [0.717, 1.165) is 19.5 Å². The third-order valence-corrected chi connectivity index (χ3v) is 3.99. The lowest BCUT2D eigenvalue weighted by Gasteiger charge is -2.30. The molecule has 2 heterocycles. The Balaban J connectivity index is 1.60. The van der Waals surface area contributed by atoms with Crippen LogP contribution in [-0.4, -0.2) is 33.8 Å². The van der Waals surface area contributed by atoms with Crippen molar-refractivity contribution in [3.63, 3.8) is 0 Å². The topological polar surface area (TPSA) is 45.5 Å². The molecule has 110 valence electrons. The molecule has 0 unspecified atom stereocenters. The number of pyridine rings is 1. The van der Waals surface area contributed by atoms with Gasteiger partial charge in [0.25, 0.3) is 5.56 Å². The number of aliphatic hydroxyl groups excluding tert-OH is 1. The molecule has 1 aromatic carbocycles. The van der Waals surface area contributed by atoms with Crippen LogP contribution in [0.25, 0.3) is 0 Å². The van der Waals surface area contributed by atoms with E-state index in [4.69, 9.17) is 0 Å². The van der Waals surface area contributed by atoms with E-state index >= 15 is 0 Å². The molecule has 0 amide bonds. The highest BCUT2D eigenvalue weighted by molar-refractivity contribution is 5.29. The van der Waals surface area contributed by atoms with E-state index in [1.54, 1.807) is 16.8 Å². The van der Waals surface area contributed by atoms with Crippen molar-refractivity contribution < 1.29 is 5.11 Å². The van der Waals surface area contributed by atoms with Gasteiger partial charge in [-0.3, -0.25) is 9.69 Å². The first-order valence-electron chi connectivity index (χ1n) is 7.35. The Labute approximate surface area is 124 Å². The minimum Gasteiger partial charge on any atom is -0.390 e. The van der Waals surface area contributed by atoms with Crippen molar-refractivity contribution >= 4 is 0 Å². The monoisotopic (exact) mass is 284 g/mol. The maximum Gasteiger partial charge on any atom is 0.250 e. The summed E-state index contributed by atoms with van der Waals surface area (Å²) in [6, 6.07) is 13.5. The Bertz CT molecular complexity index is 666. The summed E-state index contributed by atoms with van der Waals surface area (Å²) in [5.41, 5.74) is 2.68. The van der Waals surface area contributed by atoms with Gasteiger partial charge in [-0.2, -0.15) is 0 Å². The van der Waals surface area contributed by atoms with Gasteiger partial charge in [0, 0.05) is 31.9 Å². The fraction of sp³-hybridized carbons (Fsp3) is 0.353. The summed E-state index contributed by atoms with van der Waals surface area (Å²) in [7, 11) is 0. The molecule has 0 saturated carbocycles. The number of hydrogen-bond donors (Lipinski definition) is 1. The van der Waals surface area contributed by atoms with E-state index < -0.39 is 6.10 Å². The van der Waals surface area contributed by atoms with Crippen molar-refractivity contribution in [3.8, 4) is 0 Å². The van der Waals surface area contributed by atoms with Gasteiger partial charge in [-0.15, -0.1) is 0 Å². The van der Waals surface area contributed by atoms with Gasteiger partial charge in [0.15, 0.2) is 0 Å². The maximum atomic E-state index is 11.6. The maximum absolute atomic E-state index is 11.6. The number of β-amino-alcohol motifs (C(OH)–C–C–N with tert-alkyl or cyclic N) is 1. The molecule has 1 aliphatic rings. The van der Waals surface area contributed by atoms with Gasteiger partial charge in [-0.05, 0) is 23.6 Å². The van der Waals surface area contributed by atoms with E-state index in [1.807, 2.05) is 6.07 Å². The van der Waals surface area contributed by atoms with Gasteiger partial charge >= 0.3 is 0 Å². The summed E-state index contributed by atoms with van der Waals surface area (Å²) >= 11 is 0. The first-order chi connectivity index (χ1) is 10.2. The molecule has 2 aromatic rings. The van der Waals surface area contributed by atoms with E-state index in [1.165, 1.54) is 17.2 Å². The highest BCUT2D eigenvalue weighted by atomic mass is 16.3. The fourth-order valence-corrected chi connectivity index (χ4v) is 2.90. The molecule has 1 N–H and O–H groups in total. The van der Waals surface area contributed by atoms with Gasteiger partial charge in [0.2, 0.25) is 0 Å². The third kappa shape index (κ3) is 3.40. The zero-order valence-electron chi connectivity index (χ0n) is 12.0. The Morgan fingerprint density at radius 3 is 2.62 bits per heavy atom. The summed E-state index contributed by atoms with van der Waals surface area (Å²) in [4.78, 5) is 13.9. The lowest BCUT2D eigenvalue weighted by molar-refractivity contribution is 0.0910. The van der Waals surface area contributed by atoms with E-state index in [0.29, 0.717) is 13.1 Å². The highest BCUT2D eigenvalue weighted by Crippen LogP contribution is 2.18. The SMILES string of the molecule is O=c1ccccn1C[C@H](O)CN1CCc2ccccc2C1. The second-order valence-corrected chi connectivity index (χ2v) is 5.60. The summed E-state index contributed by atoms with van der Waals surface area (Å²) in [5, 5.41) is 10.2. The average Bonchev–Trinajstić information content (AvgIpc) is 2.49. The number of rotatable bonds is 4. The third-order valence-electron chi connectivity index (χ3n) is 3.99. The number of nitrogens with zero attached hydrogens (tertiary/aromatic N) is 2. The molecular weight excluding hydrogens is 264 g/mol. The molecule has 21 heavy (non-hydrogen) atoms. The van der Waals surface area contributed by atoms with E-state index in [-0.39, 0.29) is 5.56 Å². The van der Waals surface area contributed by atoms with Crippen LogP contribution in [0.4, 0.5) is 0 Å². The van der Waals surface area contributed by atoms with Crippen LogP contribution in [0.3, 0.4) is 0 Å². The van der Waals surface area contributed by atoms with Gasteiger partial charge in [0.05, 0.1) is 12.6 Å². The lowest BCUT2D eigenvalue weighted by Crippen LogP contribution is -2.39. The summed E-state index contributed by atoms with van der Waals surface area (Å²) in [6.07, 6.45) is 2.21. The molecule has 0 saturated heterocycles. The summed E-state index contributed by atoms with van der Waals surface area (Å²) < 4.78 is 1.56. The quantitative estimate of drug-likeness (QED) is 0.919. The zero-order valence-corrected chi connectivity index (χ0v) is 12.0. The largest absolute Gasteiger partial charge is 0.390 e. The van der Waals surface area contributed by atoms with Gasteiger partial charge < -0.3 is 9.67 Å². The smallest absolute Gasteiger partial charge is 0.250 e. The normalized spacial score (nSPS) is 16.4. The van der Waals surface area contributed by atoms with Gasteiger partial charge in [0.1, 0.15) is 0 Å². The molecule has 0 radical (unpaired) electrons. The predicted molar refractivity (Wildman–Crippen MR) is 82.1 cm³/mol. The predicted octanol–water partition coefficient (Wildman–Crippen LogP) is 1.27. The Morgan fingerprint density at radius 1 is 1.05 bits per heavy atom. The molecule has 0 aliphatic carbocycles. The molecule has 4 nitrogen and oxygen atoms in total. The van der Waals surface area contributed by atoms with Crippen LogP contribution in [0.1, 0.15) is 11.1 Å². The summed E-state index contributed by atoms with van der Waals surface area (Å²) in [6.45, 7) is 2.77. The first-order valence-corrected chi connectivity index (χ1v) is 7.35. The van der Waals surface area contributed by atoms with Crippen LogP contribution in [0.15, 0.2) is 53.5 Å². The van der Waals surface area contributed by atoms with Crippen molar-refractivity contribution in [2.75, 3.05) is 13.1 Å². The molecule has 4 heteroatoms. The molecule has 0 fully saturated rings. The minimum atomic E-state index is -0.532. The second-order valence-electron chi connectivity index (χ2n) is 5.60. The molecule has 0 bridgehead atoms. The van der Waals surface area contributed by atoms with Crippen molar-refractivity contribution in [2.45, 2.75) is 25.6 Å². The van der Waals surface area contributed by atoms with Crippen LogP contribution in [0, 0.1) is 0 Å². The van der Waals surface area contributed by atoms with Crippen molar-refractivity contribution in [2.24, 2.45) is 0 Å². The van der Waals surface area contributed by atoms with Crippen molar-refractivity contribution in [3.05, 3.63) is 70.1 Å². The van der Waals surface area contributed by atoms with Gasteiger partial charge in [-0.1, -0.05) is 30.3 Å². The molecule has 1 aromatic heterocycles. The van der Waals surface area contributed by atoms with Crippen LogP contribution < -0.4 is 5.56 Å². The fourth-order valence-electron chi connectivity index (χ4n) is 2.90. The van der Waals surface area contributed by atoms with E-state index in [2.05, 4.69) is 29.2 Å². The number of aromatic nitrogens is 1. The molecule has 1 aliphatic heterocycles. The summed E-state index contributed by atoms with van der Waals surface area (Å²) in [5.74, 6) is 0. The second kappa shape index (κ2) is 6.24. The minimum absolute atomic E-state index is 0.0689. The standard InChI is InChI=1S/C17H20N2O2/c20-16(13-19-9-4-3-7-17(19)21)12-18-10-8-14-5-1-2-6-15(14)11-18/h1-7,9,16,20H,8,10-13H2/t16-/m1/s1. The number of benzene rings is 1. The Hall–Kier alpha value is -1.91. The first kappa shape index (κ1) is 14.0. The molecule has 3 rings (SSSR count). The highest BCUT2D eigenvalue weighted by Gasteiger charge is 2.18. The number of aliphatic hydroxyl groups is 1. The molecule has 1 atom stereocenters. The van der Waals surface area contributed by atoms with Crippen LogP contribution in [0.2, 0.25) is 0 Å². The number of hydrogen-bond acceptors (Lipinski definition) is 3. The van der Waals surface area contributed by atoms with E-state index in [9.17, 15) is 9.90 Å².